The van der Waals surface area contributed by atoms with Gasteiger partial charge in [-0.15, -0.1) is 0 Å². The van der Waals surface area contributed by atoms with E-state index in [2.05, 4.69) is 36.6 Å². The molecule has 0 radical (unpaired) electrons. The molecule has 0 heterocycles. The topological polar surface area (TPSA) is 83.5 Å². The van der Waals surface area contributed by atoms with Crippen LogP contribution in [0.15, 0.2) is 27.1 Å². The molecule has 0 fully saturated rings. The fourth-order valence-electron chi connectivity index (χ4n) is 0.947. The molecule has 1 atom stereocenters. The van der Waals surface area contributed by atoms with Crippen molar-refractivity contribution >= 4 is 53.5 Å². The number of anilines is 1. The van der Waals surface area contributed by atoms with Crippen LogP contribution in [-0.4, -0.2) is 24.7 Å². The molecule has 0 aromatic heterocycles. The maximum atomic E-state index is 11.7. The van der Waals surface area contributed by atoms with Crippen LogP contribution in [0.5, 0.6) is 0 Å². The van der Waals surface area contributed by atoms with Gasteiger partial charge >= 0.3 is 5.97 Å². The summed E-state index contributed by atoms with van der Waals surface area (Å²) in [5, 5.41) is 7.15. The summed E-state index contributed by atoms with van der Waals surface area (Å²) in [6, 6.07) is 4.83. The highest BCUT2D eigenvalue weighted by molar-refractivity contribution is 9.11. The lowest BCUT2D eigenvalue weighted by molar-refractivity contribution is -0.136. The lowest BCUT2D eigenvalue weighted by Crippen LogP contribution is -2.32. The first-order chi connectivity index (χ1) is 7.74. The number of rotatable bonds is 4. The van der Waals surface area contributed by atoms with Crippen LogP contribution < -0.4 is 4.72 Å². The molecule has 0 spiro atoms. The van der Waals surface area contributed by atoms with E-state index < -0.39 is 21.2 Å². The first-order valence-electron chi connectivity index (χ1n) is 4.43. The lowest BCUT2D eigenvalue weighted by atomic mass is 10.3. The minimum Gasteiger partial charge on any atom is -0.480 e. The Balaban J connectivity index is 3.02. The summed E-state index contributed by atoms with van der Waals surface area (Å²) >= 11 is 6.41. The molecule has 0 aliphatic heterocycles. The molecule has 1 rings (SSSR count). The Bertz CT molecular complexity index is 544. The Hall–Kier alpha value is -0.600. The fourth-order valence-corrected chi connectivity index (χ4v) is 3.15. The maximum Gasteiger partial charge on any atom is 0.323 e. The number of carbonyl (C=O) groups is 1. The highest BCUT2D eigenvalue weighted by Crippen LogP contribution is 2.27. The average molecular weight is 387 g/mol. The van der Waals surface area contributed by atoms with Gasteiger partial charge in [0.05, 0.1) is 5.69 Å². The summed E-state index contributed by atoms with van der Waals surface area (Å²) in [5.74, 6) is -1.40. The number of nitrogens with one attached hydrogen (secondary N) is 1. The average Bonchev–Trinajstić information content (AvgIpc) is 2.21. The van der Waals surface area contributed by atoms with Gasteiger partial charge in [-0.3, -0.25) is 9.52 Å². The smallest absolute Gasteiger partial charge is 0.323 e. The van der Waals surface area contributed by atoms with E-state index in [-0.39, 0.29) is 0 Å². The maximum absolute atomic E-state index is 11.7. The van der Waals surface area contributed by atoms with Crippen molar-refractivity contribution in [2.24, 2.45) is 0 Å². The summed E-state index contributed by atoms with van der Waals surface area (Å²) in [5.41, 5.74) is 0.293. The third-order valence-electron chi connectivity index (χ3n) is 2.00. The van der Waals surface area contributed by atoms with E-state index in [9.17, 15) is 13.2 Å². The molecule has 2 N–H and O–H groups in total. The van der Waals surface area contributed by atoms with Gasteiger partial charge in [-0.05, 0) is 41.1 Å². The van der Waals surface area contributed by atoms with E-state index in [1.165, 1.54) is 6.07 Å². The Kier molecular flexibility index (Phi) is 4.56. The molecule has 1 aromatic rings. The minimum absolute atomic E-state index is 0.293. The molecule has 1 aromatic carbocycles. The molecule has 0 aliphatic rings. The summed E-state index contributed by atoms with van der Waals surface area (Å²) in [6.07, 6.45) is 0. The summed E-state index contributed by atoms with van der Waals surface area (Å²) in [6.45, 7) is 1.11. The van der Waals surface area contributed by atoms with Crippen molar-refractivity contribution in [1.29, 1.82) is 0 Å². The molecule has 0 aliphatic carbocycles. The number of benzene rings is 1. The number of hydrogen-bond donors (Lipinski definition) is 2. The first kappa shape index (κ1) is 14.5. The molecule has 0 saturated heterocycles. The zero-order valence-corrected chi connectivity index (χ0v) is 12.6. The van der Waals surface area contributed by atoms with E-state index >= 15 is 0 Å². The predicted molar refractivity (Wildman–Crippen MR) is 71.5 cm³/mol. The van der Waals surface area contributed by atoms with Crippen LogP contribution in [0.2, 0.25) is 0 Å². The minimum atomic E-state index is -3.94. The van der Waals surface area contributed by atoms with Crippen LogP contribution in [0.1, 0.15) is 6.92 Å². The Morgan fingerprint density at radius 3 is 2.47 bits per heavy atom. The van der Waals surface area contributed by atoms with Crippen LogP contribution in [0, 0.1) is 0 Å². The van der Waals surface area contributed by atoms with Crippen molar-refractivity contribution in [2.45, 2.75) is 12.2 Å². The van der Waals surface area contributed by atoms with E-state index in [4.69, 9.17) is 5.11 Å². The molecule has 0 saturated carbocycles. The van der Waals surface area contributed by atoms with Crippen LogP contribution in [0.25, 0.3) is 0 Å². The number of aliphatic carboxylic acids is 1. The second-order valence-corrected chi connectivity index (χ2v) is 7.02. The van der Waals surface area contributed by atoms with Gasteiger partial charge in [0, 0.05) is 8.95 Å². The second-order valence-electron chi connectivity index (χ2n) is 3.25. The standard InChI is InChI=1S/C9H9Br2NO4S/c1-5(9(13)14)17(15,16)12-8-3-2-6(10)4-7(8)11/h2-5,12H,1H3,(H,13,14). The van der Waals surface area contributed by atoms with Gasteiger partial charge in [0.15, 0.2) is 5.25 Å². The largest absolute Gasteiger partial charge is 0.480 e. The second kappa shape index (κ2) is 5.36. The summed E-state index contributed by atoms with van der Waals surface area (Å²) in [4.78, 5) is 10.6. The van der Waals surface area contributed by atoms with Gasteiger partial charge in [-0.2, -0.15) is 0 Å². The third kappa shape index (κ3) is 3.68. The van der Waals surface area contributed by atoms with E-state index in [1.807, 2.05) is 0 Å². The molecule has 17 heavy (non-hydrogen) atoms. The Labute approximate surface area is 116 Å². The van der Waals surface area contributed by atoms with Crippen molar-refractivity contribution in [1.82, 2.24) is 0 Å². The molecule has 0 bridgehead atoms. The van der Waals surface area contributed by atoms with Gasteiger partial charge in [-0.1, -0.05) is 15.9 Å². The van der Waals surface area contributed by atoms with Crippen molar-refractivity contribution in [3.8, 4) is 0 Å². The van der Waals surface area contributed by atoms with Gasteiger partial charge in [0.1, 0.15) is 0 Å². The van der Waals surface area contributed by atoms with Crippen molar-refractivity contribution < 1.29 is 18.3 Å². The van der Waals surface area contributed by atoms with Gasteiger partial charge in [0.25, 0.3) is 0 Å². The lowest BCUT2D eigenvalue weighted by Gasteiger charge is -2.12. The van der Waals surface area contributed by atoms with E-state index in [0.29, 0.717) is 10.2 Å². The summed E-state index contributed by atoms with van der Waals surface area (Å²) < 4.78 is 26.8. The van der Waals surface area contributed by atoms with E-state index in [0.717, 1.165) is 11.4 Å². The molecular weight excluding hydrogens is 378 g/mol. The predicted octanol–water partition coefficient (Wildman–Crippen LogP) is 2.43. The number of sulfonamides is 1. The molecule has 1 unspecified atom stereocenters. The van der Waals surface area contributed by atoms with Crippen LogP contribution >= 0.6 is 31.9 Å². The Morgan fingerprint density at radius 1 is 1.41 bits per heavy atom. The van der Waals surface area contributed by atoms with Crippen molar-refractivity contribution in [3.63, 3.8) is 0 Å². The van der Waals surface area contributed by atoms with Crippen molar-refractivity contribution in [3.05, 3.63) is 27.1 Å². The number of carboxylic acid groups (broad SMARTS) is 1. The number of hydrogen-bond acceptors (Lipinski definition) is 3. The van der Waals surface area contributed by atoms with E-state index in [1.54, 1.807) is 12.1 Å². The Morgan fingerprint density at radius 2 is 2.00 bits per heavy atom. The van der Waals surface area contributed by atoms with Crippen LogP contribution in [-0.2, 0) is 14.8 Å². The highest BCUT2D eigenvalue weighted by atomic mass is 79.9. The normalized spacial score (nSPS) is 13.1. The number of carboxylic acids is 1. The van der Waals surface area contributed by atoms with Gasteiger partial charge < -0.3 is 5.11 Å². The van der Waals surface area contributed by atoms with Gasteiger partial charge in [-0.25, -0.2) is 8.42 Å². The summed E-state index contributed by atoms with van der Waals surface area (Å²) in [7, 11) is -3.94. The molecule has 8 heteroatoms. The van der Waals surface area contributed by atoms with Crippen LogP contribution in [0.3, 0.4) is 0 Å². The molecular formula is C9H9Br2NO4S. The SMILES string of the molecule is CC(C(=O)O)S(=O)(=O)Nc1ccc(Br)cc1Br. The highest BCUT2D eigenvalue weighted by Gasteiger charge is 2.27. The zero-order valence-electron chi connectivity index (χ0n) is 8.65. The van der Waals surface area contributed by atoms with Crippen molar-refractivity contribution in [2.75, 3.05) is 4.72 Å². The number of halogens is 2. The zero-order chi connectivity index (χ0) is 13.2. The van der Waals surface area contributed by atoms with Crippen LogP contribution in [0.4, 0.5) is 5.69 Å². The monoisotopic (exact) mass is 385 g/mol. The third-order valence-corrected chi connectivity index (χ3v) is 4.78. The molecule has 5 nitrogen and oxygen atoms in total. The molecule has 0 amide bonds. The van der Waals surface area contributed by atoms with Gasteiger partial charge in [0.2, 0.25) is 10.0 Å². The fraction of sp³-hybridized carbons (Fsp3) is 0.222. The quantitative estimate of drug-likeness (QED) is 0.832. The molecule has 94 valence electrons. The first-order valence-corrected chi connectivity index (χ1v) is 7.57.